The van der Waals surface area contributed by atoms with Crippen LogP contribution < -0.4 is 9.64 Å². The minimum atomic E-state index is -3.52. The normalized spacial score (nSPS) is 14.9. The molecule has 0 spiro atoms. The van der Waals surface area contributed by atoms with Crippen molar-refractivity contribution < 1.29 is 13.2 Å². The molecule has 0 aliphatic carbocycles. The SMILES string of the molecule is COc1cnc2cc(-c3cc(S(=O)(=O)N(C)C)ccc3N3CCCC3)[nH]c2c1. The number of hydrogen-bond donors (Lipinski definition) is 1. The number of aromatic amines is 1. The highest BCUT2D eigenvalue weighted by molar-refractivity contribution is 7.89. The van der Waals surface area contributed by atoms with Gasteiger partial charge in [0.25, 0.3) is 0 Å². The first-order chi connectivity index (χ1) is 13.4. The smallest absolute Gasteiger partial charge is 0.242 e. The molecule has 1 saturated heterocycles. The van der Waals surface area contributed by atoms with E-state index < -0.39 is 10.0 Å². The largest absolute Gasteiger partial charge is 0.495 e. The lowest BCUT2D eigenvalue weighted by Gasteiger charge is -2.22. The molecule has 1 aliphatic heterocycles. The van der Waals surface area contributed by atoms with Crippen LogP contribution in [0.15, 0.2) is 41.4 Å². The molecule has 0 atom stereocenters. The van der Waals surface area contributed by atoms with Crippen LogP contribution in [0.2, 0.25) is 0 Å². The van der Waals surface area contributed by atoms with Crippen molar-refractivity contribution in [3.63, 3.8) is 0 Å². The first-order valence-corrected chi connectivity index (χ1v) is 10.7. The summed E-state index contributed by atoms with van der Waals surface area (Å²) in [5.74, 6) is 0.671. The molecule has 0 saturated carbocycles. The molecular weight excluding hydrogens is 376 g/mol. The van der Waals surface area contributed by atoms with Crippen molar-refractivity contribution in [1.82, 2.24) is 14.3 Å². The summed E-state index contributed by atoms with van der Waals surface area (Å²) in [6, 6.07) is 9.20. The van der Waals surface area contributed by atoms with E-state index >= 15 is 0 Å². The van der Waals surface area contributed by atoms with E-state index in [9.17, 15) is 8.42 Å². The van der Waals surface area contributed by atoms with Gasteiger partial charge in [-0.15, -0.1) is 0 Å². The molecule has 0 unspecified atom stereocenters. The molecule has 1 aromatic carbocycles. The zero-order valence-corrected chi connectivity index (χ0v) is 17.1. The highest BCUT2D eigenvalue weighted by atomic mass is 32.2. The van der Waals surface area contributed by atoms with Gasteiger partial charge in [0.2, 0.25) is 10.0 Å². The zero-order chi connectivity index (χ0) is 19.9. The standard InChI is InChI=1S/C20H24N4O3S/c1-23(2)28(25,26)15-6-7-20(24-8-4-5-9-24)16(11-15)17-12-18-19(22-17)10-14(27-3)13-21-18/h6-7,10-13,22H,4-5,8-9H2,1-3H3. The summed E-state index contributed by atoms with van der Waals surface area (Å²) < 4.78 is 31.8. The Kier molecular flexibility index (Phi) is 4.76. The fourth-order valence-corrected chi connectivity index (χ4v) is 4.51. The Hall–Kier alpha value is -2.58. The molecule has 0 amide bonds. The Balaban J connectivity index is 1.89. The third kappa shape index (κ3) is 3.22. The van der Waals surface area contributed by atoms with Crippen LogP contribution in [-0.4, -0.2) is 57.0 Å². The molecule has 8 heteroatoms. The van der Waals surface area contributed by atoms with E-state index in [2.05, 4.69) is 14.9 Å². The Morgan fingerprint density at radius 1 is 1.14 bits per heavy atom. The number of methoxy groups -OCH3 is 1. The number of benzene rings is 1. The third-order valence-electron chi connectivity index (χ3n) is 5.16. The first-order valence-electron chi connectivity index (χ1n) is 9.25. The second-order valence-corrected chi connectivity index (χ2v) is 9.30. The molecule has 28 heavy (non-hydrogen) atoms. The molecular formula is C20H24N4O3S. The molecule has 1 fully saturated rings. The third-order valence-corrected chi connectivity index (χ3v) is 6.97. The minimum absolute atomic E-state index is 0.277. The van der Waals surface area contributed by atoms with Crippen LogP contribution >= 0.6 is 0 Å². The summed E-state index contributed by atoms with van der Waals surface area (Å²) in [6.45, 7) is 1.94. The maximum Gasteiger partial charge on any atom is 0.242 e. The van der Waals surface area contributed by atoms with Crippen molar-refractivity contribution >= 4 is 26.7 Å². The van der Waals surface area contributed by atoms with Crippen LogP contribution in [0.25, 0.3) is 22.3 Å². The maximum absolute atomic E-state index is 12.7. The summed E-state index contributed by atoms with van der Waals surface area (Å²) in [4.78, 5) is 10.4. The van der Waals surface area contributed by atoms with Crippen molar-refractivity contribution in [3.05, 3.63) is 36.5 Å². The van der Waals surface area contributed by atoms with E-state index in [4.69, 9.17) is 4.74 Å². The summed E-state index contributed by atoms with van der Waals surface area (Å²) in [5.41, 5.74) is 4.40. The number of pyridine rings is 1. The van der Waals surface area contributed by atoms with Crippen molar-refractivity contribution in [1.29, 1.82) is 0 Å². The van der Waals surface area contributed by atoms with E-state index in [-0.39, 0.29) is 4.90 Å². The van der Waals surface area contributed by atoms with Gasteiger partial charge in [0.05, 0.1) is 34.9 Å². The van der Waals surface area contributed by atoms with Crippen LogP contribution in [0.1, 0.15) is 12.8 Å². The Labute approximate surface area is 165 Å². The first kappa shape index (κ1) is 18.8. The lowest BCUT2D eigenvalue weighted by Crippen LogP contribution is -2.23. The molecule has 1 N–H and O–H groups in total. The summed E-state index contributed by atoms with van der Waals surface area (Å²) in [7, 11) is 1.17. The van der Waals surface area contributed by atoms with Crippen molar-refractivity contribution in [3.8, 4) is 17.0 Å². The predicted octanol–water partition coefficient (Wildman–Crippen LogP) is 3.09. The van der Waals surface area contributed by atoms with Crippen LogP contribution in [0.3, 0.4) is 0 Å². The molecule has 0 bridgehead atoms. The van der Waals surface area contributed by atoms with Gasteiger partial charge in [-0.3, -0.25) is 4.98 Å². The number of aromatic nitrogens is 2. The second kappa shape index (κ2) is 7.10. The predicted molar refractivity (Wildman–Crippen MR) is 110 cm³/mol. The summed E-state index contributed by atoms with van der Waals surface area (Å²) >= 11 is 0. The van der Waals surface area contributed by atoms with Crippen molar-refractivity contribution in [2.24, 2.45) is 0 Å². The number of ether oxygens (including phenoxy) is 1. The fourth-order valence-electron chi connectivity index (χ4n) is 3.58. The van der Waals surface area contributed by atoms with Gasteiger partial charge in [-0.25, -0.2) is 12.7 Å². The quantitative estimate of drug-likeness (QED) is 0.712. The topological polar surface area (TPSA) is 78.5 Å². The Morgan fingerprint density at radius 2 is 1.89 bits per heavy atom. The highest BCUT2D eigenvalue weighted by Crippen LogP contribution is 2.36. The van der Waals surface area contributed by atoms with E-state index in [1.165, 1.54) is 4.31 Å². The van der Waals surface area contributed by atoms with E-state index in [1.807, 2.05) is 18.2 Å². The van der Waals surface area contributed by atoms with Crippen molar-refractivity contribution in [2.45, 2.75) is 17.7 Å². The van der Waals surface area contributed by atoms with E-state index in [0.717, 1.165) is 53.9 Å². The lowest BCUT2D eigenvalue weighted by atomic mass is 10.1. The molecule has 4 rings (SSSR count). The molecule has 148 valence electrons. The molecule has 3 aromatic rings. The van der Waals surface area contributed by atoms with Gasteiger partial charge in [0.1, 0.15) is 5.75 Å². The number of nitrogens with one attached hydrogen (secondary N) is 1. The lowest BCUT2D eigenvalue weighted by molar-refractivity contribution is 0.413. The van der Waals surface area contributed by atoms with Gasteiger partial charge < -0.3 is 14.6 Å². The minimum Gasteiger partial charge on any atom is -0.495 e. The number of H-pyrrole nitrogens is 1. The van der Waals surface area contributed by atoms with Crippen LogP contribution in [0.5, 0.6) is 5.75 Å². The number of sulfonamides is 1. The number of rotatable bonds is 5. The van der Waals surface area contributed by atoms with E-state index in [0.29, 0.717) is 5.75 Å². The molecule has 3 heterocycles. The average Bonchev–Trinajstić information content (AvgIpc) is 3.36. The average molecular weight is 401 g/mol. The number of anilines is 1. The van der Waals surface area contributed by atoms with E-state index in [1.54, 1.807) is 39.5 Å². The number of fused-ring (bicyclic) bond motifs is 1. The van der Waals surface area contributed by atoms with Gasteiger partial charge in [-0.05, 0) is 37.1 Å². The fraction of sp³-hybridized carbons (Fsp3) is 0.350. The number of hydrogen-bond acceptors (Lipinski definition) is 5. The molecule has 0 radical (unpaired) electrons. The molecule has 2 aromatic heterocycles. The van der Waals surface area contributed by atoms with Crippen molar-refractivity contribution in [2.75, 3.05) is 39.2 Å². The Morgan fingerprint density at radius 3 is 2.57 bits per heavy atom. The van der Waals surface area contributed by atoms with Crippen LogP contribution in [-0.2, 0) is 10.0 Å². The zero-order valence-electron chi connectivity index (χ0n) is 16.3. The highest BCUT2D eigenvalue weighted by Gasteiger charge is 2.23. The molecule has 7 nitrogen and oxygen atoms in total. The maximum atomic E-state index is 12.7. The van der Waals surface area contributed by atoms with Gasteiger partial charge in [-0.2, -0.15) is 0 Å². The van der Waals surface area contributed by atoms with Gasteiger partial charge in [-0.1, -0.05) is 0 Å². The Bertz CT molecular complexity index is 1120. The van der Waals surface area contributed by atoms with Gasteiger partial charge in [0.15, 0.2) is 0 Å². The van der Waals surface area contributed by atoms with Gasteiger partial charge in [0, 0.05) is 44.5 Å². The van der Waals surface area contributed by atoms with Gasteiger partial charge >= 0.3 is 0 Å². The summed E-state index contributed by atoms with van der Waals surface area (Å²) in [6.07, 6.45) is 3.96. The monoisotopic (exact) mass is 400 g/mol. The number of nitrogens with zero attached hydrogens (tertiary/aromatic N) is 3. The molecule has 1 aliphatic rings. The second-order valence-electron chi connectivity index (χ2n) is 7.15. The van der Waals surface area contributed by atoms with Crippen LogP contribution in [0.4, 0.5) is 5.69 Å². The van der Waals surface area contributed by atoms with Crippen LogP contribution in [0, 0.1) is 0 Å². The summed E-state index contributed by atoms with van der Waals surface area (Å²) in [5, 5.41) is 0.